The van der Waals surface area contributed by atoms with Crippen molar-refractivity contribution in [2.24, 2.45) is 5.73 Å². The first kappa shape index (κ1) is 15.5. The largest absolute Gasteiger partial charge is 0.329 e. The standard InChI is InChI=1S/C17H29N3/c1-17(2,3)20-11-9-19(10-12-20)16(14-18)13-15-7-5-4-6-8-15/h4-8,16H,9-14,18H2,1-3H3. The first-order valence-corrected chi connectivity index (χ1v) is 7.74. The van der Waals surface area contributed by atoms with Gasteiger partial charge in [-0.1, -0.05) is 30.3 Å². The molecular weight excluding hydrogens is 246 g/mol. The second kappa shape index (κ2) is 6.70. The molecule has 1 aromatic carbocycles. The zero-order valence-corrected chi connectivity index (χ0v) is 13.2. The highest BCUT2D eigenvalue weighted by Gasteiger charge is 2.28. The third kappa shape index (κ3) is 4.05. The monoisotopic (exact) mass is 275 g/mol. The number of benzene rings is 1. The van der Waals surface area contributed by atoms with E-state index < -0.39 is 0 Å². The van der Waals surface area contributed by atoms with Crippen LogP contribution >= 0.6 is 0 Å². The van der Waals surface area contributed by atoms with Crippen LogP contribution in [0.2, 0.25) is 0 Å². The third-order valence-electron chi connectivity index (χ3n) is 4.37. The molecule has 1 atom stereocenters. The van der Waals surface area contributed by atoms with Crippen LogP contribution in [0, 0.1) is 0 Å². The van der Waals surface area contributed by atoms with Crippen molar-refractivity contribution >= 4 is 0 Å². The van der Waals surface area contributed by atoms with Crippen LogP contribution in [-0.4, -0.2) is 54.1 Å². The number of rotatable bonds is 4. The zero-order chi connectivity index (χ0) is 14.6. The molecule has 1 aliphatic heterocycles. The quantitative estimate of drug-likeness (QED) is 0.912. The highest BCUT2D eigenvalue weighted by Crippen LogP contribution is 2.18. The minimum Gasteiger partial charge on any atom is -0.329 e. The molecule has 1 aromatic rings. The summed E-state index contributed by atoms with van der Waals surface area (Å²) < 4.78 is 0. The van der Waals surface area contributed by atoms with Crippen LogP contribution in [0.3, 0.4) is 0 Å². The van der Waals surface area contributed by atoms with Gasteiger partial charge in [0.2, 0.25) is 0 Å². The lowest BCUT2D eigenvalue weighted by atomic mass is 10.0. The van der Waals surface area contributed by atoms with Gasteiger partial charge in [0.15, 0.2) is 0 Å². The van der Waals surface area contributed by atoms with Gasteiger partial charge in [0.1, 0.15) is 0 Å². The summed E-state index contributed by atoms with van der Waals surface area (Å²) in [5.74, 6) is 0. The van der Waals surface area contributed by atoms with Crippen molar-refractivity contribution in [2.75, 3.05) is 32.7 Å². The lowest BCUT2D eigenvalue weighted by Crippen LogP contribution is -2.57. The van der Waals surface area contributed by atoms with Gasteiger partial charge in [-0.3, -0.25) is 9.80 Å². The first-order chi connectivity index (χ1) is 9.50. The summed E-state index contributed by atoms with van der Waals surface area (Å²) in [7, 11) is 0. The molecule has 1 fully saturated rings. The number of nitrogens with zero attached hydrogens (tertiary/aromatic N) is 2. The Labute approximate surface area is 123 Å². The molecule has 0 saturated carbocycles. The van der Waals surface area contributed by atoms with E-state index in [2.05, 4.69) is 60.9 Å². The number of hydrogen-bond acceptors (Lipinski definition) is 3. The summed E-state index contributed by atoms with van der Waals surface area (Å²) >= 11 is 0. The summed E-state index contributed by atoms with van der Waals surface area (Å²) in [6.07, 6.45) is 1.06. The van der Waals surface area contributed by atoms with Gasteiger partial charge in [0.05, 0.1) is 0 Å². The molecular formula is C17H29N3. The maximum Gasteiger partial charge on any atom is 0.0259 e. The predicted octanol–water partition coefficient (Wildman–Crippen LogP) is 1.97. The van der Waals surface area contributed by atoms with Crippen molar-refractivity contribution in [1.82, 2.24) is 9.80 Å². The van der Waals surface area contributed by atoms with Gasteiger partial charge in [0.25, 0.3) is 0 Å². The lowest BCUT2D eigenvalue weighted by molar-refractivity contribution is 0.0437. The van der Waals surface area contributed by atoms with Crippen molar-refractivity contribution in [3.63, 3.8) is 0 Å². The molecule has 0 bridgehead atoms. The minimum atomic E-state index is 0.281. The second-order valence-electron chi connectivity index (χ2n) is 6.77. The Morgan fingerprint density at radius 1 is 1.05 bits per heavy atom. The van der Waals surface area contributed by atoms with Crippen LogP contribution in [0.15, 0.2) is 30.3 Å². The van der Waals surface area contributed by atoms with Crippen molar-refractivity contribution in [2.45, 2.75) is 38.8 Å². The summed E-state index contributed by atoms with van der Waals surface area (Å²) in [6.45, 7) is 12.2. The van der Waals surface area contributed by atoms with E-state index in [0.717, 1.165) is 39.1 Å². The molecule has 2 rings (SSSR count). The Hall–Kier alpha value is -0.900. The highest BCUT2D eigenvalue weighted by molar-refractivity contribution is 5.16. The van der Waals surface area contributed by atoms with Crippen LogP contribution in [0.25, 0.3) is 0 Å². The van der Waals surface area contributed by atoms with Crippen molar-refractivity contribution in [3.8, 4) is 0 Å². The summed E-state index contributed by atoms with van der Waals surface area (Å²) in [5.41, 5.74) is 7.69. The summed E-state index contributed by atoms with van der Waals surface area (Å²) in [5, 5.41) is 0. The van der Waals surface area contributed by atoms with Crippen LogP contribution in [-0.2, 0) is 6.42 Å². The van der Waals surface area contributed by atoms with Crippen LogP contribution in [0.1, 0.15) is 26.3 Å². The maximum absolute atomic E-state index is 6.02. The van der Waals surface area contributed by atoms with E-state index in [1.165, 1.54) is 5.56 Å². The Bertz CT molecular complexity index is 388. The van der Waals surface area contributed by atoms with Gasteiger partial charge < -0.3 is 5.73 Å². The van der Waals surface area contributed by atoms with Crippen LogP contribution < -0.4 is 5.73 Å². The van der Waals surface area contributed by atoms with Crippen molar-refractivity contribution in [3.05, 3.63) is 35.9 Å². The fourth-order valence-electron chi connectivity index (χ4n) is 3.01. The van der Waals surface area contributed by atoms with Gasteiger partial charge in [0, 0.05) is 44.3 Å². The van der Waals surface area contributed by atoms with Crippen molar-refractivity contribution < 1.29 is 0 Å². The predicted molar refractivity (Wildman–Crippen MR) is 85.9 cm³/mol. The SMILES string of the molecule is CC(C)(C)N1CCN(C(CN)Cc2ccccc2)CC1. The Morgan fingerprint density at radius 3 is 2.15 bits per heavy atom. The third-order valence-corrected chi connectivity index (χ3v) is 4.37. The molecule has 20 heavy (non-hydrogen) atoms. The Balaban J connectivity index is 1.91. The molecule has 1 unspecified atom stereocenters. The zero-order valence-electron chi connectivity index (χ0n) is 13.2. The minimum absolute atomic E-state index is 0.281. The van der Waals surface area contributed by atoms with Gasteiger partial charge >= 0.3 is 0 Å². The molecule has 0 aliphatic carbocycles. The van der Waals surface area contributed by atoms with E-state index in [1.807, 2.05) is 0 Å². The number of nitrogens with two attached hydrogens (primary N) is 1. The van der Waals surface area contributed by atoms with Crippen LogP contribution in [0.5, 0.6) is 0 Å². The molecule has 0 spiro atoms. The van der Waals surface area contributed by atoms with E-state index in [-0.39, 0.29) is 5.54 Å². The molecule has 112 valence electrons. The molecule has 2 N–H and O–H groups in total. The molecule has 0 radical (unpaired) electrons. The van der Waals surface area contributed by atoms with Gasteiger partial charge in [-0.25, -0.2) is 0 Å². The average molecular weight is 275 g/mol. The topological polar surface area (TPSA) is 32.5 Å². The van der Waals surface area contributed by atoms with E-state index >= 15 is 0 Å². The average Bonchev–Trinajstić information content (AvgIpc) is 2.45. The Morgan fingerprint density at radius 2 is 1.65 bits per heavy atom. The van der Waals surface area contributed by atoms with Gasteiger partial charge in [-0.05, 0) is 32.8 Å². The molecule has 1 saturated heterocycles. The van der Waals surface area contributed by atoms with E-state index in [4.69, 9.17) is 5.73 Å². The summed E-state index contributed by atoms with van der Waals surface area (Å²) in [6, 6.07) is 11.2. The van der Waals surface area contributed by atoms with E-state index in [0.29, 0.717) is 6.04 Å². The second-order valence-corrected chi connectivity index (χ2v) is 6.77. The van der Waals surface area contributed by atoms with Gasteiger partial charge in [-0.2, -0.15) is 0 Å². The summed E-state index contributed by atoms with van der Waals surface area (Å²) in [4.78, 5) is 5.13. The van der Waals surface area contributed by atoms with E-state index in [9.17, 15) is 0 Å². The maximum atomic E-state index is 6.02. The van der Waals surface area contributed by atoms with Crippen molar-refractivity contribution in [1.29, 1.82) is 0 Å². The molecule has 1 heterocycles. The van der Waals surface area contributed by atoms with E-state index in [1.54, 1.807) is 0 Å². The molecule has 0 amide bonds. The normalized spacial score (nSPS) is 20.0. The Kier molecular flexibility index (Phi) is 5.19. The highest BCUT2D eigenvalue weighted by atomic mass is 15.3. The lowest BCUT2D eigenvalue weighted by Gasteiger charge is -2.44. The molecule has 0 aromatic heterocycles. The number of hydrogen-bond donors (Lipinski definition) is 1. The molecule has 3 heteroatoms. The fourth-order valence-corrected chi connectivity index (χ4v) is 3.01. The fraction of sp³-hybridized carbons (Fsp3) is 0.647. The van der Waals surface area contributed by atoms with Crippen LogP contribution in [0.4, 0.5) is 0 Å². The number of piperazine rings is 1. The van der Waals surface area contributed by atoms with Gasteiger partial charge in [-0.15, -0.1) is 0 Å². The molecule has 3 nitrogen and oxygen atoms in total. The molecule has 1 aliphatic rings. The smallest absolute Gasteiger partial charge is 0.0259 e. The first-order valence-electron chi connectivity index (χ1n) is 7.74.